The third-order valence-electron chi connectivity index (χ3n) is 7.55. The number of amides is 2. The first-order valence-electron chi connectivity index (χ1n) is 14.0. The minimum absolute atomic E-state index is 0.00668. The highest BCUT2D eigenvalue weighted by atomic mass is 79.9. The Morgan fingerprint density at radius 2 is 1.47 bits per heavy atom. The van der Waals surface area contributed by atoms with Gasteiger partial charge in [-0.3, -0.25) is 9.59 Å². The Labute approximate surface area is 236 Å². The Morgan fingerprint density at radius 1 is 0.842 bits per heavy atom. The molecule has 0 aromatic heterocycles. The summed E-state index contributed by atoms with van der Waals surface area (Å²) in [6.07, 6.45) is 8.05. The van der Waals surface area contributed by atoms with Crippen LogP contribution >= 0.6 is 15.9 Å². The molecule has 0 aliphatic heterocycles. The minimum atomic E-state index is -0.571. The first kappa shape index (κ1) is 28.1. The van der Waals surface area contributed by atoms with Gasteiger partial charge in [0.1, 0.15) is 6.04 Å². The Balaban J connectivity index is 1.58. The van der Waals surface area contributed by atoms with Crippen molar-refractivity contribution in [3.05, 3.63) is 106 Å². The van der Waals surface area contributed by atoms with Crippen LogP contribution in [-0.2, 0) is 35.4 Å². The number of hydrogen-bond donors (Lipinski definition) is 1. The quantitative estimate of drug-likeness (QED) is 0.267. The maximum Gasteiger partial charge on any atom is 0.243 e. The summed E-state index contributed by atoms with van der Waals surface area (Å²) >= 11 is 3.51. The topological polar surface area (TPSA) is 49.4 Å². The molecule has 1 aliphatic carbocycles. The molecule has 1 fully saturated rings. The zero-order valence-electron chi connectivity index (χ0n) is 22.4. The third-order valence-corrected chi connectivity index (χ3v) is 8.08. The molecule has 1 saturated carbocycles. The molecule has 0 spiro atoms. The summed E-state index contributed by atoms with van der Waals surface area (Å²) in [6, 6.07) is 26.2. The SMILES string of the molecule is CCc1ccc(CCC(=O)N(Cc2ccc(Br)cc2)[C@H](Cc2ccccc2)C(=O)NC2CCCCC2)cc1. The summed E-state index contributed by atoms with van der Waals surface area (Å²) in [5.74, 6) is -0.0364. The van der Waals surface area contributed by atoms with Crippen LogP contribution in [0.15, 0.2) is 83.3 Å². The van der Waals surface area contributed by atoms with Gasteiger partial charge >= 0.3 is 0 Å². The molecule has 5 heteroatoms. The van der Waals surface area contributed by atoms with Gasteiger partial charge in [-0.1, -0.05) is 109 Å². The molecule has 1 N–H and O–H groups in total. The zero-order valence-corrected chi connectivity index (χ0v) is 24.0. The van der Waals surface area contributed by atoms with E-state index in [1.807, 2.05) is 59.5 Å². The number of nitrogens with one attached hydrogen (secondary N) is 1. The predicted octanol–water partition coefficient (Wildman–Crippen LogP) is 7.03. The highest BCUT2D eigenvalue weighted by Crippen LogP contribution is 2.21. The number of nitrogens with zero attached hydrogens (tertiary/aromatic N) is 1. The average molecular weight is 576 g/mol. The predicted molar refractivity (Wildman–Crippen MR) is 158 cm³/mol. The molecule has 0 heterocycles. The molecule has 4 rings (SSSR count). The number of carbonyl (C=O) groups is 2. The second-order valence-corrected chi connectivity index (χ2v) is 11.3. The lowest BCUT2D eigenvalue weighted by atomic mass is 9.94. The van der Waals surface area contributed by atoms with Crippen molar-refractivity contribution in [2.75, 3.05) is 0 Å². The van der Waals surface area contributed by atoms with Gasteiger partial charge in [-0.15, -0.1) is 0 Å². The molecule has 1 atom stereocenters. The van der Waals surface area contributed by atoms with Gasteiger partial charge in [0.2, 0.25) is 11.8 Å². The smallest absolute Gasteiger partial charge is 0.243 e. The van der Waals surface area contributed by atoms with Crippen molar-refractivity contribution < 1.29 is 9.59 Å². The monoisotopic (exact) mass is 574 g/mol. The van der Waals surface area contributed by atoms with E-state index in [0.717, 1.165) is 53.3 Å². The van der Waals surface area contributed by atoms with Crippen molar-refractivity contribution in [3.8, 4) is 0 Å². The summed E-state index contributed by atoms with van der Waals surface area (Å²) < 4.78 is 0.991. The van der Waals surface area contributed by atoms with E-state index in [1.165, 1.54) is 12.0 Å². The lowest BCUT2D eigenvalue weighted by Gasteiger charge is -2.33. The van der Waals surface area contributed by atoms with Crippen molar-refractivity contribution in [3.63, 3.8) is 0 Å². The third kappa shape index (κ3) is 8.29. The van der Waals surface area contributed by atoms with Crippen molar-refractivity contribution in [2.45, 2.75) is 83.3 Å². The van der Waals surface area contributed by atoms with Crippen molar-refractivity contribution in [1.29, 1.82) is 0 Å². The Morgan fingerprint density at radius 3 is 2.13 bits per heavy atom. The maximum atomic E-state index is 13.9. The maximum absolute atomic E-state index is 13.9. The van der Waals surface area contributed by atoms with Crippen LogP contribution in [0.2, 0.25) is 0 Å². The molecular weight excluding hydrogens is 536 g/mol. The van der Waals surface area contributed by atoms with Crippen molar-refractivity contribution >= 4 is 27.7 Å². The van der Waals surface area contributed by atoms with Gasteiger partial charge in [0, 0.05) is 29.9 Å². The first-order chi connectivity index (χ1) is 18.5. The fourth-order valence-electron chi connectivity index (χ4n) is 5.22. The fourth-order valence-corrected chi connectivity index (χ4v) is 5.49. The standard InChI is InChI=1S/C33H39BrN2O2/c1-2-25-13-15-26(16-14-25)19-22-32(37)36(24-28-17-20-29(34)21-18-28)31(23-27-9-5-3-6-10-27)33(38)35-30-11-7-4-8-12-30/h3,5-6,9-10,13-18,20-21,30-31H,2,4,7-8,11-12,19,22-24H2,1H3,(H,35,38)/t31-/m1/s1. The van der Waals surface area contributed by atoms with Crippen LogP contribution in [0.5, 0.6) is 0 Å². The molecule has 2 amide bonds. The number of rotatable bonds is 11. The molecule has 3 aromatic rings. The molecule has 0 radical (unpaired) electrons. The summed E-state index contributed by atoms with van der Waals surface area (Å²) in [5, 5.41) is 3.32. The lowest BCUT2D eigenvalue weighted by molar-refractivity contribution is -0.141. The molecule has 1 aliphatic rings. The van der Waals surface area contributed by atoms with Crippen molar-refractivity contribution in [1.82, 2.24) is 10.2 Å². The van der Waals surface area contributed by atoms with E-state index >= 15 is 0 Å². The Kier molecular flexibility index (Phi) is 10.6. The molecule has 38 heavy (non-hydrogen) atoms. The summed E-state index contributed by atoms with van der Waals surface area (Å²) in [5.41, 5.74) is 4.50. The van der Waals surface area contributed by atoms with Crippen LogP contribution in [-0.4, -0.2) is 28.8 Å². The summed E-state index contributed by atoms with van der Waals surface area (Å²) in [4.78, 5) is 29.5. The number of hydrogen-bond acceptors (Lipinski definition) is 2. The van der Waals surface area contributed by atoms with Crippen LogP contribution in [0.25, 0.3) is 0 Å². The van der Waals surface area contributed by atoms with E-state index in [0.29, 0.717) is 25.8 Å². The zero-order chi connectivity index (χ0) is 26.7. The van der Waals surface area contributed by atoms with Crippen LogP contribution in [0.4, 0.5) is 0 Å². The largest absolute Gasteiger partial charge is 0.352 e. The summed E-state index contributed by atoms with van der Waals surface area (Å²) in [7, 11) is 0. The molecule has 0 bridgehead atoms. The van der Waals surface area contributed by atoms with Crippen LogP contribution < -0.4 is 5.32 Å². The average Bonchev–Trinajstić information content (AvgIpc) is 2.96. The minimum Gasteiger partial charge on any atom is -0.352 e. The lowest BCUT2D eigenvalue weighted by Crippen LogP contribution is -2.52. The van der Waals surface area contributed by atoms with Gasteiger partial charge in [-0.2, -0.15) is 0 Å². The normalized spacial score (nSPS) is 14.6. The molecule has 0 unspecified atom stereocenters. The fraction of sp³-hybridized carbons (Fsp3) is 0.394. The van der Waals surface area contributed by atoms with Crippen LogP contribution in [0, 0.1) is 0 Å². The van der Waals surface area contributed by atoms with E-state index in [9.17, 15) is 9.59 Å². The number of benzene rings is 3. The molecule has 3 aromatic carbocycles. The van der Waals surface area contributed by atoms with Crippen LogP contribution in [0.1, 0.15) is 67.7 Å². The van der Waals surface area contributed by atoms with Gasteiger partial charge in [-0.05, 0) is 60.1 Å². The first-order valence-corrected chi connectivity index (χ1v) is 14.8. The van der Waals surface area contributed by atoms with Crippen molar-refractivity contribution in [2.24, 2.45) is 0 Å². The second-order valence-electron chi connectivity index (χ2n) is 10.4. The molecule has 4 nitrogen and oxygen atoms in total. The van der Waals surface area contributed by atoms with Gasteiger partial charge in [-0.25, -0.2) is 0 Å². The number of aryl methyl sites for hydroxylation is 2. The van der Waals surface area contributed by atoms with E-state index in [2.05, 4.69) is 52.4 Å². The Bertz CT molecular complexity index is 1160. The Hall–Kier alpha value is -2.92. The molecule has 0 saturated heterocycles. The molecule has 200 valence electrons. The highest BCUT2D eigenvalue weighted by Gasteiger charge is 2.31. The van der Waals surface area contributed by atoms with Gasteiger partial charge in [0.05, 0.1) is 0 Å². The number of halogens is 1. The van der Waals surface area contributed by atoms with E-state index in [4.69, 9.17) is 0 Å². The number of carbonyl (C=O) groups excluding carboxylic acids is 2. The van der Waals surface area contributed by atoms with E-state index < -0.39 is 6.04 Å². The highest BCUT2D eigenvalue weighted by molar-refractivity contribution is 9.10. The van der Waals surface area contributed by atoms with Gasteiger partial charge < -0.3 is 10.2 Å². The van der Waals surface area contributed by atoms with Gasteiger partial charge in [0.15, 0.2) is 0 Å². The van der Waals surface area contributed by atoms with Gasteiger partial charge in [0.25, 0.3) is 0 Å². The second kappa shape index (κ2) is 14.3. The van der Waals surface area contributed by atoms with E-state index in [-0.39, 0.29) is 17.9 Å². The molecular formula is C33H39BrN2O2. The summed E-state index contributed by atoms with van der Waals surface area (Å²) in [6.45, 7) is 2.54. The van der Waals surface area contributed by atoms with Crippen LogP contribution in [0.3, 0.4) is 0 Å². The van der Waals surface area contributed by atoms with E-state index in [1.54, 1.807) is 0 Å².